The van der Waals surface area contributed by atoms with Gasteiger partial charge in [-0.2, -0.15) is 17.5 Å². The lowest BCUT2D eigenvalue weighted by atomic mass is 10.1. The fourth-order valence-corrected chi connectivity index (χ4v) is 4.79. The number of methoxy groups -OCH3 is 1. The fraction of sp³-hybridized carbons (Fsp3) is 0.200. The largest absolute Gasteiger partial charge is 0.497 e. The van der Waals surface area contributed by atoms with Crippen molar-refractivity contribution >= 4 is 21.4 Å². The first-order chi connectivity index (χ1) is 17.5. The Hall–Kier alpha value is -3.90. The van der Waals surface area contributed by atoms with Crippen molar-refractivity contribution in [3.8, 4) is 17.0 Å². The average Bonchev–Trinajstić information content (AvgIpc) is 3.30. The molecule has 4 rings (SSSR count). The Morgan fingerprint density at radius 2 is 1.78 bits per heavy atom. The van der Waals surface area contributed by atoms with Gasteiger partial charge in [-0.3, -0.25) is 0 Å². The minimum Gasteiger partial charge on any atom is -0.497 e. The maximum atomic E-state index is 13.4. The number of hydrogen-bond donors (Lipinski definition) is 1. The lowest BCUT2D eigenvalue weighted by molar-refractivity contribution is -0.141. The minimum absolute atomic E-state index is 0.0419. The van der Waals surface area contributed by atoms with Crippen LogP contribution in [-0.4, -0.2) is 41.4 Å². The second-order valence-electron chi connectivity index (χ2n) is 8.30. The molecule has 0 aliphatic carbocycles. The molecule has 0 unspecified atom stereocenters. The van der Waals surface area contributed by atoms with E-state index in [1.165, 1.54) is 29.6 Å². The Balaban J connectivity index is 1.66. The molecule has 12 heteroatoms. The minimum atomic E-state index is -4.55. The monoisotopic (exact) mass is 531 g/mol. The number of nitrogens with zero attached hydrogens (tertiary/aromatic N) is 4. The van der Waals surface area contributed by atoms with Crippen LogP contribution in [0.3, 0.4) is 0 Å². The second-order valence-corrected chi connectivity index (χ2v) is 10.3. The molecule has 0 spiro atoms. The molecule has 194 valence electrons. The number of imidazole rings is 1. The SMILES string of the molecule is COc1ccc(CN(C)S(=O)(=O)c2ccc(Nc3ccc(C(F)(F)F)nc3)c(-c3cn(C)cn3)c2)cc1. The Labute approximate surface area is 212 Å². The third-order valence-corrected chi connectivity index (χ3v) is 7.38. The fourth-order valence-electron chi connectivity index (χ4n) is 3.60. The smallest absolute Gasteiger partial charge is 0.433 e. The molecule has 0 radical (unpaired) electrons. The summed E-state index contributed by atoms with van der Waals surface area (Å²) in [6.07, 6.45) is -0.206. The molecule has 0 saturated carbocycles. The molecular weight excluding hydrogens is 507 g/mol. The number of anilines is 2. The van der Waals surface area contributed by atoms with Crippen LogP contribution in [0.5, 0.6) is 5.75 Å². The predicted molar refractivity (Wildman–Crippen MR) is 133 cm³/mol. The molecule has 8 nitrogen and oxygen atoms in total. The zero-order valence-electron chi connectivity index (χ0n) is 20.2. The Kier molecular flexibility index (Phi) is 7.23. The third kappa shape index (κ3) is 5.92. The van der Waals surface area contributed by atoms with Crippen LogP contribution in [0.4, 0.5) is 24.5 Å². The first-order valence-electron chi connectivity index (χ1n) is 11.0. The first-order valence-corrected chi connectivity index (χ1v) is 12.4. The molecule has 37 heavy (non-hydrogen) atoms. The molecule has 4 aromatic rings. The van der Waals surface area contributed by atoms with E-state index in [9.17, 15) is 21.6 Å². The van der Waals surface area contributed by atoms with Crippen molar-refractivity contribution < 1.29 is 26.3 Å². The molecule has 0 aliphatic rings. The highest BCUT2D eigenvalue weighted by Gasteiger charge is 2.32. The molecule has 0 amide bonds. The summed E-state index contributed by atoms with van der Waals surface area (Å²) in [7, 11) is 0.924. The zero-order valence-corrected chi connectivity index (χ0v) is 21.0. The number of halogens is 3. The molecular formula is C25H24F3N5O3S. The van der Waals surface area contributed by atoms with Gasteiger partial charge < -0.3 is 14.6 Å². The van der Waals surface area contributed by atoms with Crippen LogP contribution < -0.4 is 10.1 Å². The molecule has 0 aliphatic heterocycles. The van der Waals surface area contributed by atoms with Crippen LogP contribution in [0, 0.1) is 0 Å². The highest BCUT2D eigenvalue weighted by Crippen LogP contribution is 2.34. The van der Waals surface area contributed by atoms with Crippen molar-refractivity contribution in [3.63, 3.8) is 0 Å². The number of pyridine rings is 1. The molecule has 2 aromatic carbocycles. The number of nitrogens with one attached hydrogen (secondary N) is 1. The highest BCUT2D eigenvalue weighted by molar-refractivity contribution is 7.89. The molecule has 0 saturated heterocycles. The van der Waals surface area contributed by atoms with E-state index in [0.717, 1.165) is 17.8 Å². The molecule has 0 bridgehead atoms. The van der Waals surface area contributed by atoms with Crippen LogP contribution in [0.1, 0.15) is 11.3 Å². The maximum absolute atomic E-state index is 13.4. The van der Waals surface area contributed by atoms with Gasteiger partial charge in [0.05, 0.1) is 35.9 Å². The summed E-state index contributed by atoms with van der Waals surface area (Å²) in [5, 5.41) is 3.02. The van der Waals surface area contributed by atoms with Crippen molar-refractivity contribution in [1.82, 2.24) is 18.8 Å². The van der Waals surface area contributed by atoms with Crippen molar-refractivity contribution in [1.29, 1.82) is 0 Å². The predicted octanol–water partition coefficient (Wildman–Crippen LogP) is 5.07. The van der Waals surface area contributed by atoms with Crippen molar-refractivity contribution in [3.05, 3.63) is 84.6 Å². The number of hydrogen-bond acceptors (Lipinski definition) is 6. The van der Waals surface area contributed by atoms with Crippen LogP contribution in [-0.2, 0) is 29.8 Å². The van der Waals surface area contributed by atoms with E-state index in [-0.39, 0.29) is 11.4 Å². The van der Waals surface area contributed by atoms with E-state index in [1.54, 1.807) is 61.6 Å². The van der Waals surface area contributed by atoms with E-state index in [1.807, 2.05) is 0 Å². The number of aromatic nitrogens is 3. The van der Waals surface area contributed by atoms with Crippen LogP contribution in [0.25, 0.3) is 11.3 Å². The van der Waals surface area contributed by atoms with Gasteiger partial charge in [0.2, 0.25) is 10.0 Å². The number of rotatable bonds is 8. The van der Waals surface area contributed by atoms with E-state index in [4.69, 9.17) is 4.74 Å². The average molecular weight is 532 g/mol. The van der Waals surface area contributed by atoms with E-state index >= 15 is 0 Å². The van der Waals surface area contributed by atoms with Crippen LogP contribution >= 0.6 is 0 Å². The van der Waals surface area contributed by atoms with E-state index in [2.05, 4.69) is 15.3 Å². The Morgan fingerprint density at radius 1 is 1.05 bits per heavy atom. The summed E-state index contributed by atoms with van der Waals surface area (Å²) in [4.78, 5) is 7.83. The molecule has 1 N–H and O–H groups in total. The number of alkyl halides is 3. The number of aryl methyl sites for hydroxylation is 1. The standard InChI is InChI=1S/C25H24F3N5O3S/c1-32-15-23(30-16-32)21-12-20(37(34,35)33(2)14-17-4-7-19(36-3)8-5-17)9-10-22(21)31-18-6-11-24(29-13-18)25(26,27)28/h4-13,15-16,31H,14H2,1-3H3. The molecule has 0 fully saturated rings. The zero-order chi connectivity index (χ0) is 26.8. The number of sulfonamides is 1. The summed E-state index contributed by atoms with van der Waals surface area (Å²) in [6.45, 7) is 0.141. The Morgan fingerprint density at radius 3 is 2.35 bits per heavy atom. The van der Waals surface area contributed by atoms with Gasteiger partial charge >= 0.3 is 6.18 Å². The number of ether oxygens (including phenoxy) is 1. The van der Waals surface area contributed by atoms with Crippen molar-refractivity contribution in [2.75, 3.05) is 19.5 Å². The van der Waals surface area contributed by atoms with Gasteiger partial charge in [-0.1, -0.05) is 12.1 Å². The summed E-state index contributed by atoms with van der Waals surface area (Å²) in [6, 6.07) is 13.7. The Bertz CT molecular complexity index is 1490. The molecule has 2 heterocycles. The van der Waals surface area contributed by atoms with E-state index < -0.39 is 21.9 Å². The molecule has 2 aromatic heterocycles. The first kappa shape index (κ1) is 26.2. The third-order valence-electron chi connectivity index (χ3n) is 5.58. The van der Waals surface area contributed by atoms with Crippen molar-refractivity contribution in [2.45, 2.75) is 17.6 Å². The summed E-state index contributed by atoms with van der Waals surface area (Å²) in [5.41, 5.74) is 1.47. The summed E-state index contributed by atoms with van der Waals surface area (Å²) in [5.74, 6) is 0.667. The maximum Gasteiger partial charge on any atom is 0.433 e. The van der Waals surface area contributed by atoms with E-state index in [0.29, 0.717) is 28.4 Å². The van der Waals surface area contributed by atoms with Gasteiger partial charge in [0.1, 0.15) is 11.4 Å². The molecule has 0 atom stereocenters. The summed E-state index contributed by atoms with van der Waals surface area (Å²) < 4.78 is 73.5. The normalized spacial score (nSPS) is 12.1. The summed E-state index contributed by atoms with van der Waals surface area (Å²) >= 11 is 0. The highest BCUT2D eigenvalue weighted by atomic mass is 32.2. The lowest BCUT2D eigenvalue weighted by Crippen LogP contribution is -2.26. The topological polar surface area (TPSA) is 89.4 Å². The lowest BCUT2D eigenvalue weighted by Gasteiger charge is -2.19. The second kappa shape index (κ2) is 10.2. The number of benzene rings is 2. The van der Waals surface area contributed by atoms with Gasteiger partial charge in [-0.15, -0.1) is 0 Å². The van der Waals surface area contributed by atoms with Crippen LogP contribution in [0.15, 0.2) is 78.2 Å². The van der Waals surface area contributed by atoms with Gasteiger partial charge in [-0.25, -0.2) is 18.4 Å². The van der Waals surface area contributed by atoms with Gasteiger partial charge in [0, 0.05) is 38.1 Å². The van der Waals surface area contributed by atoms with Crippen LogP contribution in [0.2, 0.25) is 0 Å². The van der Waals surface area contributed by atoms with Crippen molar-refractivity contribution in [2.24, 2.45) is 7.05 Å². The van der Waals surface area contributed by atoms with Gasteiger partial charge in [0.25, 0.3) is 0 Å². The quantitative estimate of drug-likeness (QED) is 0.341. The van der Waals surface area contributed by atoms with Gasteiger partial charge in [-0.05, 0) is 48.0 Å². The van der Waals surface area contributed by atoms with Gasteiger partial charge in [0.15, 0.2) is 0 Å².